The number of para-hydroxylation sites is 2. The fourth-order valence-electron chi connectivity index (χ4n) is 2.92. The zero-order valence-electron chi connectivity index (χ0n) is 15.9. The van der Waals surface area contributed by atoms with Gasteiger partial charge in [-0.25, -0.2) is 9.48 Å². The lowest BCUT2D eigenvalue weighted by Crippen LogP contribution is -2.34. The van der Waals surface area contributed by atoms with Crippen molar-refractivity contribution in [1.29, 1.82) is 0 Å². The second kappa shape index (κ2) is 8.71. The van der Waals surface area contributed by atoms with E-state index in [2.05, 4.69) is 15.7 Å². The molecule has 0 saturated carbocycles. The summed E-state index contributed by atoms with van der Waals surface area (Å²) in [7, 11) is 1.33. The SMILES string of the molecule is COC(=O)C[C@H](NC(=O)Nc1ccccc1-n1nc(C)cc1C)c1cccs1. The number of nitrogens with zero attached hydrogens (tertiary/aromatic N) is 2. The van der Waals surface area contributed by atoms with Crippen LogP contribution in [0.5, 0.6) is 0 Å². The van der Waals surface area contributed by atoms with E-state index in [0.29, 0.717) is 5.69 Å². The molecule has 0 fully saturated rings. The molecule has 0 bridgehead atoms. The number of methoxy groups -OCH3 is 1. The Kier molecular flexibility index (Phi) is 6.10. The zero-order valence-corrected chi connectivity index (χ0v) is 16.7. The Labute approximate surface area is 167 Å². The highest BCUT2D eigenvalue weighted by molar-refractivity contribution is 7.10. The molecule has 0 radical (unpaired) electrons. The van der Waals surface area contributed by atoms with Crippen LogP contribution in [-0.4, -0.2) is 28.9 Å². The van der Waals surface area contributed by atoms with Crippen LogP contribution in [-0.2, 0) is 9.53 Å². The van der Waals surface area contributed by atoms with Gasteiger partial charge in [0.2, 0.25) is 0 Å². The number of urea groups is 1. The highest BCUT2D eigenvalue weighted by Crippen LogP contribution is 2.24. The highest BCUT2D eigenvalue weighted by Gasteiger charge is 2.20. The molecule has 0 aliphatic heterocycles. The number of rotatable bonds is 6. The van der Waals surface area contributed by atoms with Crippen LogP contribution < -0.4 is 10.6 Å². The van der Waals surface area contributed by atoms with Crippen molar-refractivity contribution >= 4 is 29.0 Å². The quantitative estimate of drug-likeness (QED) is 0.615. The van der Waals surface area contributed by atoms with E-state index < -0.39 is 12.1 Å². The van der Waals surface area contributed by atoms with Crippen LogP contribution in [0.4, 0.5) is 10.5 Å². The highest BCUT2D eigenvalue weighted by atomic mass is 32.1. The minimum absolute atomic E-state index is 0.0591. The van der Waals surface area contributed by atoms with Gasteiger partial charge >= 0.3 is 12.0 Å². The number of nitrogens with one attached hydrogen (secondary N) is 2. The van der Waals surface area contributed by atoms with Crippen molar-refractivity contribution < 1.29 is 14.3 Å². The molecule has 0 aliphatic rings. The molecule has 0 unspecified atom stereocenters. The van der Waals surface area contributed by atoms with Gasteiger partial charge < -0.3 is 15.4 Å². The van der Waals surface area contributed by atoms with E-state index in [1.54, 1.807) is 4.68 Å². The number of thiophene rings is 1. The van der Waals surface area contributed by atoms with E-state index in [-0.39, 0.29) is 12.4 Å². The molecule has 0 spiro atoms. The van der Waals surface area contributed by atoms with E-state index in [1.807, 2.05) is 61.7 Å². The molecule has 2 aromatic heterocycles. The summed E-state index contributed by atoms with van der Waals surface area (Å²) < 4.78 is 6.54. The lowest BCUT2D eigenvalue weighted by molar-refractivity contribution is -0.141. The molecule has 7 nitrogen and oxygen atoms in total. The lowest BCUT2D eigenvalue weighted by atomic mass is 10.1. The molecule has 2 amide bonds. The van der Waals surface area contributed by atoms with Gasteiger partial charge in [-0.3, -0.25) is 4.79 Å². The van der Waals surface area contributed by atoms with Gasteiger partial charge in [-0.2, -0.15) is 5.10 Å². The number of aromatic nitrogens is 2. The average molecular weight is 398 g/mol. The predicted octanol–water partition coefficient (Wildman–Crippen LogP) is 3.98. The molecule has 1 atom stereocenters. The molecule has 3 aromatic rings. The van der Waals surface area contributed by atoms with E-state index in [1.165, 1.54) is 18.4 Å². The van der Waals surface area contributed by atoms with Gasteiger partial charge in [-0.15, -0.1) is 11.3 Å². The Morgan fingerprint density at radius 1 is 1.21 bits per heavy atom. The predicted molar refractivity (Wildman–Crippen MR) is 109 cm³/mol. The standard InChI is InChI=1S/C20H22N4O3S/c1-13-11-14(2)24(23-13)17-8-5-4-7-15(17)21-20(26)22-16(12-19(25)27-3)18-9-6-10-28-18/h4-11,16H,12H2,1-3H3,(H2,21,22,26)/t16-/m0/s1. The smallest absolute Gasteiger partial charge is 0.319 e. The van der Waals surface area contributed by atoms with Gasteiger partial charge in [0.25, 0.3) is 0 Å². The number of ether oxygens (including phenoxy) is 1. The maximum atomic E-state index is 12.7. The summed E-state index contributed by atoms with van der Waals surface area (Å²) >= 11 is 1.47. The summed E-state index contributed by atoms with van der Waals surface area (Å²) in [5, 5.41) is 12.1. The second-order valence-electron chi connectivity index (χ2n) is 6.30. The largest absolute Gasteiger partial charge is 0.469 e. The van der Waals surface area contributed by atoms with E-state index in [4.69, 9.17) is 4.74 Å². The summed E-state index contributed by atoms with van der Waals surface area (Å²) in [5.74, 6) is -0.387. The van der Waals surface area contributed by atoms with Gasteiger partial charge in [0, 0.05) is 10.6 Å². The summed E-state index contributed by atoms with van der Waals surface area (Å²) in [5.41, 5.74) is 3.25. The van der Waals surface area contributed by atoms with Crippen LogP contribution in [0, 0.1) is 13.8 Å². The molecule has 0 saturated heterocycles. The van der Waals surface area contributed by atoms with Crippen LogP contribution in [0.2, 0.25) is 0 Å². The molecular weight excluding hydrogens is 376 g/mol. The maximum Gasteiger partial charge on any atom is 0.319 e. The normalized spacial score (nSPS) is 11.7. The van der Waals surface area contributed by atoms with Crippen molar-refractivity contribution in [3.05, 3.63) is 64.1 Å². The number of hydrogen-bond donors (Lipinski definition) is 2. The topological polar surface area (TPSA) is 85.2 Å². The number of carbonyl (C=O) groups is 2. The van der Waals surface area contributed by atoms with Crippen LogP contribution >= 0.6 is 11.3 Å². The van der Waals surface area contributed by atoms with Crippen molar-refractivity contribution in [3.8, 4) is 5.69 Å². The average Bonchev–Trinajstić information content (AvgIpc) is 3.31. The molecule has 3 rings (SSSR count). The number of carbonyl (C=O) groups excluding carboxylic acids is 2. The first kappa shape index (κ1) is 19.6. The van der Waals surface area contributed by atoms with E-state index in [0.717, 1.165) is 22.0 Å². The lowest BCUT2D eigenvalue weighted by Gasteiger charge is -2.18. The van der Waals surface area contributed by atoms with Gasteiger partial charge in [0.1, 0.15) is 0 Å². The molecular formula is C20H22N4O3S. The van der Waals surface area contributed by atoms with Crippen molar-refractivity contribution in [2.24, 2.45) is 0 Å². The first-order valence-electron chi connectivity index (χ1n) is 8.78. The zero-order chi connectivity index (χ0) is 20.1. The Hall–Kier alpha value is -3.13. The van der Waals surface area contributed by atoms with Crippen LogP contribution in [0.15, 0.2) is 47.8 Å². The Morgan fingerprint density at radius 3 is 2.64 bits per heavy atom. The third-order valence-corrected chi connectivity index (χ3v) is 5.17. The first-order valence-corrected chi connectivity index (χ1v) is 9.66. The molecule has 28 heavy (non-hydrogen) atoms. The molecule has 2 N–H and O–H groups in total. The number of amides is 2. The number of esters is 1. The Morgan fingerprint density at radius 2 is 2.00 bits per heavy atom. The molecule has 0 aliphatic carbocycles. The number of aryl methyl sites for hydroxylation is 2. The molecule has 1 aromatic carbocycles. The van der Waals surface area contributed by atoms with Gasteiger partial charge in [0.05, 0.1) is 36.6 Å². The van der Waals surface area contributed by atoms with Crippen molar-refractivity contribution in [1.82, 2.24) is 15.1 Å². The minimum Gasteiger partial charge on any atom is -0.469 e. The van der Waals surface area contributed by atoms with Crippen molar-refractivity contribution in [3.63, 3.8) is 0 Å². The summed E-state index contributed by atoms with van der Waals surface area (Å²) in [6, 6.07) is 12.3. The van der Waals surface area contributed by atoms with Crippen LogP contribution in [0.25, 0.3) is 5.69 Å². The Balaban J connectivity index is 1.79. The Bertz CT molecular complexity index is 966. The van der Waals surface area contributed by atoms with Gasteiger partial charge in [-0.05, 0) is 43.5 Å². The summed E-state index contributed by atoms with van der Waals surface area (Å²) in [6.07, 6.45) is 0.0591. The van der Waals surface area contributed by atoms with Gasteiger partial charge in [0.15, 0.2) is 0 Å². The summed E-state index contributed by atoms with van der Waals surface area (Å²) in [6.45, 7) is 3.88. The minimum atomic E-state index is -0.465. The third-order valence-electron chi connectivity index (χ3n) is 4.18. The maximum absolute atomic E-state index is 12.7. The number of hydrogen-bond acceptors (Lipinski definition) is 5. The fraction of sp³-hybridized carbons (Fsp3) is 0.250. The molecule has 146 valence electrons. The fourth-order valence-corrected chi connectivity index (χ4v) is 3.69. The molecule has 2 heterocycles. The first-order chi connectivity index (χ1) is 13.5. The van der Waals surface area contributed by atoms with E-state index in [9.17, 15) is 9.59 Å². The third kappa shape index (κ3) is 4.58. The second-order valence-corrected chi connectivity index (χ2v) is 7.28. The van der Waals surface area contributed by atoms with E-state index >= 15 is 0 Å². The summed E-state index contributed by atoms with van der Waals surface area (Å²) in [4.78, 5) is 25.3. The van der Waals surface area contributed by atoms with Crippen LogP contribution in [0.3, 0.4) is 0 Å². The van der Waals surface area contributed by atoms with Crippen LogP contribution in [0.1, 0.15) is 28.7 Å². The van der Waals surface area contributed by atoms with Crippen molar-refractivity contribution in [2.75, 3.05) is 12.4 Å². The molecule has 8 heteroatoms. The van der Waals surface area contributed by atoms with Gasteiger partial charge in [-0.1, -0.05) is 18.2 Å². The monoisotopic (exact) mass is 398 g/mol. The number of anilines is 1. The number of benzene rings is 1. The van der Waals surface area contributed by atoms with Crippen molar-refractivity contribution in [2.45, 2.75) is 26.3 Å².